The highest BCUT2D eigenvalue weighted by molar-refractivity contribution is 5.62. The fourth-order valence-electron chi connectivity index (χ4n) is 2.07. The van der Waals surface area contributed by atoms with Crippen LogP contribution in [-0.2, 0) is 0 Å². The first-order chi connectivity index (χ1) is 9.76. The number of fused-ring (bicyclic) bond motifs is 1. The molecule has 0 bridgehead atoms. The van der Waals surface area contributed by atoms with E-state index in [1.807, 2.05) is 25.1 Å². The summed E-state index contributed by atoms with van der Waals surface area (Å²) in [6.07, 6.45) is 0.881. The van der Waals surface area contributed by atoms with Gasteiger partial charge >= 0.3 is 0 Å². The number of aryl methyl sites for hydroxylation is 1. The molecular formula is C14H16N4O2. The minimum atomic E-state index is 0.583. The first-order valence-electron chi connectivity index (χ1n) is 6.48. The van der Waals surface area contributed by atoms with Crippen LogP contribution in [0.15, 0.2) is 24.3 Å². The Hall–Kier alpha value is -2.34. The molecule has 0 aliphatic carbocycles. The molecule has 0 radical (unpaired) electrons. The standard InChI is InChI=1S/C14H16N4O2/c1-9-7-13(18-15)17-14(16-9)10-3-4-11-12(8-10)20-6-2-5-19-11/h3-4,7-8H,2,5-6,15H2,1H3,(H,16,17,18). The number of benzene rings is 1. The van der Waals surface area contributed by atoms with E-state index < -0.39 is 0 Å². The minimum Gasteiger partial charge on any atom is -0.490 e. The van der Waals surface area contributed by atoms with Crippen LogP contribution in [0.3, 0.4) is 0 Å². The molecular weight excluding hydrogens is 256 g/mol. The van der Waals surface area contributed by atoms with Crippen molar-refractivity contribution < 1.29 is 9.47 Å². The van der Waals surface area contributed by atoms with Crippen LogP contribution in [0.5, 0.6) is 11.5 Å². The number of nitrogens with zero attached hydrogens (tertiary/aromatic N) is 2. The Bertz CT molecular complexity index is 631. The van der Waals surface area contributed by atoms with Crippen LogP contribution in [0.1, 0.15) is 12.1 Å². The quantitative estimate of drug-likeness (QED) is 0.642. The molecule has 1 aliphatic heterocycles. The van der Waals surface area contributed by atoms with Gasteiger partial charge in [0, 0.05) is 23.7 Å². The van der Waals surface area contributed by atoms with Crippen molar-refractivity contribution in [3.63, 3.8) is 0 Å². The molecule has 6 heteroatoms. The summed E-state index contributed by atoms with van der Waals surface area (Å²) in [6, 6.07) is 7.49. The van der Waals surface area contributed by atoms with E-state index in [2.05, 4.69) is 15.4 Å². The molecule has 1 aromatic carbocycles. The fourth-order valence-corrected chi connectivity index (χ4v) is 2.07. The Balaban J connectivity index is 2.02. The molecule has 0 saturated heterocycles. The molecule has 2 aromatic rings. The number of aromatic nitrogens is 2. The maximum Gasteiger partial charge on any atom is 0.161 e. The van der Waals surface area contributed by atoms with E-state index in [1.54, 1.807) is 6.07 Å². The number of ether oxygens (including phenoxy) is 2. The van der Waals surface area contributed by atoms with Gasteiger partial charge < -0.3 is 14.9 Å². The van der Waals surface area contributed by atoms with Gasteiger partial charge in [-0.25, -0.2) is 15.8 Å². The van der Waals surface area contributed by atoms with Crippen LogP contribution < -0.4 is 20.7 Å². The van der Waals surface area contributed by atoms with E-state index in [0.717, 1.165) is 29.2 Å². The lowest BCUT2D eigenvalue weighted by Crippen LogP contribution is -2.10. The molecule has 3 N–H and O–H groups in total. The summed E-state index contributed by atoms with van der Waals surface area (Å²) in [4.78, 5) is 8.77. The highest BCUT2D eigenvalue weighted by atomic mass is 16.5. The largest absolute Gasteiger partial charge is 0.490 e. The van der Waals surface area contributed by atoms with Gasteiger partial charge in [-0.05, 0) is 25.1 Å². The Kier molecular flexibility index (Phi) is 3.39. The van der Waals surface area contributed by atoms with Crippen molar-refractivity contribution in [1.82, 2.24) is 9.97 Å². The van der Waals surface area contributed by atoms with Gasteiger partial charge in [-0.15, -0.1) is 0 Å². The first-order valence-corrected chi connectivity index (χ1v) is 6.48. The normalized spacial score (nSPS) is 13.7. The van der Waals surface area contributed by atoms with Crippen LogP contribution in [0.25, 0.3) is 11.4 Å². The predicted molar refractivity (Wildman–Crippen MR) is 75.6 cm³/mol. The Morgan fingerprint density at radius 2 is 1.90 bits per heavy atom. The molecule has 0 saturated carbocycles. The second-order valence-electron chi connectivity index (χ2n) is 4.57. The van der Waals surface area contributed by atoms with E-state index in [-0.39, 0.29) is 0 Å². The van der Waals surface area contributed by atoms with Crippen molar-refractivity contribution >= 4 is 5.82 Å². The predicted octanol–water partition coefficient (Wildman–Crippen LogP) is 1.90. The van der Waals surface area contributed by atoms with Crippen LogP contribution in [0, 0.1) is 6.92 Å². The summed E-state index contributed by atoms with van der Waals surface area (Å²) in [7, 11) is 0. The summed E-state index contributed by atoms with van der Waals surface area (Å²) in [5.74, 6) is 8.09. The molecule has 20 heavy (non-hydrogen) atoms. The molecule has 1 aliphatic rings. The van der Waals surface area contributed by atoms with Gasteiger partial charge in [0.1, 0.15) is 5.82 Å². The van der Waals surface area contributed by atoms with E-state index in [4.69, 9.17) is 15.3 Å². The average Bonchev–Trinajstić information content (AvgIpc) is 2.70. The monoisotopic (exact) mass is 272 g/mol. The van der Waals surface area contributed by atoms with Gasteiger partial charge in [-0.1, -0.05) is 0 Å². The lowest BCUT2D eigenvalue weighted by Gasteiger charge is -2.10. The Morgan fingerprint density at radius 1 is 1.10 bits per heavy atom. The number of nitrogens with two attached hydrogens (primary N) is 1. The van der Waals surface area contributed by atoms with Crippen LogP contribution in [0.2, 0.25) is 0 Å². The maximum absolute atomic E-state index is 5.68. The summed E-state index contributed by atoms with van der Waals surface area (Å²) >= 11 is 0. The van der Waals surface area contributed by atoms with Crippen LogP contribution in [0.4, 0.5) is 5.82 Å². The van der Waals surface area contributed by atoms with Crippen molar-refractivity contribution in [2.24, 2.45) is 5.84 Å². The highest BCUT2D eigenvalue weighted by Crippen LogP contribution is 2.33. The summed E-state index contributed by atoms with van der Waals surface area (Å²) in [6.45, 7) is 3.23. The van der Waals surface area contributed by atoms with E-state index in [9.17, 15) is 0 Å². The molecule has 2 heterocycles. The third-order valence-electron chi connectivity index (χ3n) is 3.01. The lowest BCUT2D eigenvalue weighted by atomic mass is 10.2. The molecule has 1 aromatic heterocycles. The Morgan fingerprint density at radius 3 is 2.70 bits per heavy atom. The van der Waals surface area contributed by atoms with E-state index in [0.29, 0.717) is 24.9 Å². The van der Waals surface area contributed by atoms with Gasteiger partial charge in [0.25, 0.3) is 0 Å². The number of hydrogen-bond acceptors (Lipinski definition) is 6. The van der Waals surface area contributed by atoms with Gasteiger partial charge in [-0.2, -0.15) is 0 Å². The molecule has 0 spiro atoms. The third kappa shape index (κ3) is 2.50. The zero-order valence-corrected chi connectivity index (χ0v) is 11.2. The van der Waals surface area contributed by atoms with Crippen LogP contribution in [-0.4, -0.2) is 23.2 Å². The summed E-state index contributed by atoms with van der Waals surface area (Å²) in [5, 5.41) is 0. The maximum atomic E-state index is 5.68. The lowest BCUT2D eigenvalue weighted by molar-refractivity contribution is 0.297. The second-order valence-corrected chi connectivity index (χ2v) is 4.57. The van der Waals surface area contributed by atoms with Crippen molar-refractivity contribution in [2.75, 3.05) is 18.6 Å². The SMILES string of the molecule is Cc1cc(NN)nc(-c2ccc3c(c2)OCCCO3)n1. The smallest absolute Gasteiger partial charge is 0.161 e. The van der Waals surface area contributed by atoms with E-state index >= 15 is 0 Å². The van der Waals surface area contributed by atoms with Crippen molar-refractivity contribution in [3.8, 4) is 22.9 Å². The Labute approximate surface area is 116 Å². The molecule has 0 fully saturated rings. The first kappa shape index (κ1) is 12.7. The highest BCUT2D eigenvalue weighted by Gasteiger charge is 2.13. The number of nitrogen functional groups attached to an aromatic ring is 1. The number of hydrazine groups is 1. The number of hydrogen-bond donors (Lipinski definition) is 2. The van der Waals surface area contributed by atoms with Crippen molar-refractivity contribution in [3.05, 3.63) is 30.0 Å². The molecule has 3 rings (SSSR count). The molecule has 0 amide bonds. The number of anilines is 1. The zero-order chi connectivity index (χ0) is 13.9. The minimum absolute atomic E-state index is 0.583. The van der Waals surface area contributed by atoms with Gasteiger partial charge in [0.15, 0.2) is 17.3 Å². The number of nitrogens with one attached hydrogen (secondary N) is 1. The zero-order valence-electron chi connectivity index (χ0n) is 11.2. The second kappa shape index (κ2) is 5.34. The van der Waals surface area contributed by atoms with Gasteiger partial charge in [0.05, 0.1) is 13.2 Å². The molecule has 0 unspecified atom stereocenters. The average molecular weight is 272 g/mol. The molecule has 6 nitrogen and oxygen atoms in total. The summed E-state index contributed by atoms with van der Waals surface area (Å²) in [5.41, 5.74) is 4.26. The van der Waals surface area contributed by atoms with Gasteiger partial charge in [0.2, 0.25) is 0 Å². The summed E-state index contributed by atoms with van der Waals surface area (Å²) < 4.78 is 11.3. The number of rotatable bonds is 2. The van der Waals surface area contributed by atoms with Crippen molar-refractivity contribution in [2.45, 2.75) is 13.3 Å². The van der Waals surface area contributed by atoms with Crippen LogP contribution >= 0.6 is 0 Å². The molecule has 104 valence electrons. The van der Waals surface area contributed by atoms with Crippen molar-refractivity contribution in [1.29, 1.82) is 0 Å². The van der Waals surface area contributed by atoms with E-state index in [1.165, 1.54) is 0 Å². The topological polar surface area (TPSA) is 82.3 Å². The van der Waals surface area contributed by atoms with Gasteiger partial charge in [-0.3, -0.25) is 0 Å². The fraction of sp³-hybridized carbons (Fsp3) is 0.286. The molecule has 0 atom stereocenters. The third-order valence-corrected chi connectivity index (χ3v) is 3.01.